The molecule has 4 aliphatic heterocycles. The van der Waals surface area contributed by atoms with Crippen LogP contribution in [-0.2, 0) is 9.53 Å². The number of ether oxygens (including phenoxy) is 2. The summed E-state index contributed by atoms with van der Waals surface area (Å²) in [6, 6.07) is 6.55. The van der Waals surface area contributed by atoms with Gasteiger partial charge in [0.1, 0.15) is 11.3 Å². The molecule has 9 rings (SSSR count). The molecule has 1 amide bonds. The van der Waals surface area contributed by atoms with Crippen LogP contribution in [0, 0.1) is 12.3 Å². The first-order valence-corrected chi connectivity index (χ1v) is 19.3. The lowest BCUT2D eigenvalue weighted by atomic mass is 9.72. The minimum absolute atomic E-state index is 0.0393. The van der Waals surface area contributed by atoms with Gasteiger partial charge in [-0.1, -0.05) is 12.6 Å². The number of aromatic nitrogens is 4. The number of hydrogen-bond donors (Lipinski definition) is 1. The van der Waals surface area contributed by atoms with E-state index in [0.29, 0.717) is 67.7 Å². The van der Waals surface area contributed by atoms with Crippen LogP contribution >= 0.6 is 0 Å². The summed E-state index contributed by atoms with van der Waals surface area (Å²) in [7, 11) is 0. The fraction of sp³-hybridized carbons (Fsp3) is 0.550. The van der Waals surface area contributed by atoms with Gasteiger partial charge in [-0.15, -0.1) is 0 Å². The monoisotopic (exact) mass is 744 g/mol. The van der Waals surface area contributed by atoms with Crippen LogP contribution in [-0.4, -0.2) is 120 Å². The Labute approximate surface area is 312 Å². The number of alkyl halides is 3. The molecule has 0 radical (unpaired) electrons. The second-order valence-corrected chi connectivity index (χ2v) is 15.9. The molecule has 2 aromatic carbocycles. The molecule has 4 aromatic rings. The smallest absolute Gasteiger partial charge is 0.422 e. The molecule has 5 fully saturated rings. The van der Waals surface area contributed by atoms with Crippen molar-refractivity contribution in [3.63, 3.8) is 0 Å². The number of fused-ring (bicyclic) bond motifs is 2. The number of halogens is 3. The molecule has 0 atom stereocenters. The Kier molecular flexibility index (Phi) is 8.95. The summed E-state index contributed by atoms with van der Waals surface area (Å²) in [6.45, 7) is 11.7. The molecule has 54 heavy (non-hydrogen) atoms. The van der Waals surface area contributed by atoms with Gasteiger partial charge in [-0.25, -0.2) is 4.98 Å². The van der Waals surface area contributed by atoms with E-state index >= 15 is 0 Å². The van der Waals surface area contributed by atoms with Crippen LogP contribution in [0.25, 0.3) is 32.9 Å². The summed E-state index contributed by atoms with van der Waals surface area (Å²) in [5.74, 6) is 1.54. The van der Waals surface area contributed by atoms with E-state index in [1.165, 1.54) is 6.08 Å². The van der Waals surface area contributed by atoms with E-state index in [4.69, 9.17) is 19.4 Å². The summed E-state index contributed by atoms with van der Waals surface area (Å²) >= 11 is 0. The minimum Gasteiger partial charge on any atom is -0.481 e. The average Bonchev–Trinajstić information content (AvgIpc) is 3.91. The summed E-state index contributed by atoms with van der Waals surface area (Å²) in [4.78, 5) is 31.6. The largest absolute Gasteiger partial charge is 0.481 e. The van der Waals surface area contributed by atoms with Crippen molar-refractivity contribution in [2.45, 2.75) is 63.6 Å². The second kappa shape index (κ2) is 13.7. The topological polar surface area (TPSA) is 103 Å². The van der Waals surface area contributed by atoms with Crippen molar-refractivity contribution in [2.75, 3.05) is 82.0 Å². The van der Waals surface area contributed by atoms with E-state index < -0.39 is 12.8 Å². The van der Waals surface area contributed by atoms with Crippen LogP contribution in [0.5, 0.6) is 5.75 Å². The van der Waals surface area contributed by atoms with Gasteiger partial charge in [0.25, 0.3) is 0 Å². The number of piperidine rings is 1. The molecule has 0 unspecified atom stereocenters. The van der Waals surface area contributed by atoms with Crippen LogP contribution in [0.3, 0.4) is 0 Å². The molecule has 6 heterocycles. The number of aryl methyl sites for hydroxylation is 1. The number of carbonyl (C=O) groups is 1. The summed E-state index contributed by atoms with van der Waals surface area (Å²) in [6.07, 6.45) is 4.23. The van der Waals surface area contributed by atoms with E-state index in [-0.39, 0.29) is 23.0 Å². The average molecular weight is 745 g/mol. The highest BCUT2D eigenvalue weighted by Crippen LogP contribution is 2.53. The molecule has 2 aromatic heterocycles. The molecule has 0 bridgehead atoms. The van der Waals surface area contributed by atoms with Crippen molar-refractivity contribution >= 4 is 39.5 Å². The van der Waals surface area contributed by atoms with Crippen molar-refractivity contribution in [3.8, 4) is 16.9 Å². The number of likely N-dealkylation sites (tertiary alicyclic amines) is 1. The van der Waals surface area contributed by atoms with Gasteiger partial charge in [-0.3, -0.25) is 14.8 Å². The normalized spacial score (nSPS) is 21.2. The fourth-order valence-electron chi connectivity index (χ4n) is 9.23. The molecule has 1 N–H and O–H groups in total. The molecular weight excluding hydrogens is 697 g/mol. The highest BCUT2D eigenvalue weighted by molar-refractivity contribution is 6.06. The highest BCUT2D eigenvalue weighted by Gasteiger charge is 2.47. The summed E-state index contributed by atoms with van der Waals surface area (Å²) in [5, 5.41) is 8.90. The number of piperazine rings is 1. The lowest BCUT2D eigenvalue weighted by molar-refractivity contribution is -0.153. The minimum atomic E-state index is -4.56. The quantitative estimate of drug-likeness (QED) is 0.211. The maximum atomic E-state index is 14.1. The van der Waals surface area contributed by atoms with Crippen molar-refractivity contribution in [1.29, 1.82) is 0 Å². The molecule has 1 aliphatic carbocycles. The molecule has 4 saturated heterocycles. The van der Waals surface area contributed by atoms with E-state index in [9.17, 15) is 18.0 Å². The third kappa shape index (κ3) is 6.54. The number of nitrogens with zero attached hydrogens (tertiary/aromatic N) is 7. The lowest BCUT2D eigenvalue weighted by Crippen LogP contribution is -2.61. The molecular formula is C40H47F3N8O3. The van der Waals surface area contributed by atoms with E-state index in [2.05, 4.69) is 37.5 Å². The zero-order valence-corrected chi connectivity index (χ0v) is 30.8. The number of nitrogens with one attached hydrogen (secondary N) is 1. The fourth-order valence-corrected chi connectivity index (χ4v) is 9.23. The molecule has 14 heteroatoms. The van der Waals surface area contributed by atoms with Crippen molar-refractivity contribution in [2.24, 2.45) is 5.41 Å². The van der Waals surface area contributed by atoms with Crippen molar-refractivity contribution in [1.82, 2.24) is 30.0 Å². The van der Waals surface area contributed by atoms with Crippen LogP contribution < -0.4 is 14.5 Å². The van der Waals surface area contributed by atoms with Gasteiger partial charge >= 0.3 is 6.18 Å². The Morgan fingerprint density at radius 2 is 1.74 bits per heavy atom. The number of benzene rings is 2. The van der Waals surface area contributed by atoms with E-state index in [1.54, 1.807) is 6.20 Å². The summed E-state index contributed by atoms with van der Waals surface area (Å²) in [5.41, 5.74) is 4.62. The first-order valence-electron chi connectivity index (χ1n) is 19.3. The maximum absolute atomic E-state index is 14.1. The predicted molar refractivity (Wildman–Crippen MR) is 201 cm³/mol. The van der Waals surface area contributed by atoms with Gasteiger partial charge < -0.3 is 24.2 Å². The molecule has 1 saturated carbocycles. The first-order chi connectivity index (χ1) is 26.1. The third-order valence-electron chi connectivity index (χ3n) is 12.4. The van der Waals surface area contributed by atoms with Gasteiger partial charge in [0.05, 0.1) is 11.7 Å². The Bertz CT molecular complexity index is 2070. The summed E-state index contributed by atoms with van der Waals surface area (Å²) < 4.78 is 54.0. The third-order valence-corrected chi connectivity index (χ3v) is 12.4. The molecule has 5 aliphatic rings. The zero-order chi connectivity index (χ0) is 37.2. The Morgan fingerprint density at radius 3 is 2.43 bits per heavy atom. The molecule has 286 valence electrons. The van der Waals surface area contributed by atoms with Crippen LogP contribution in [0.2, 0.25) is 0 Å². The second-order valence-electron chi connectivity index (χ2n) is 15.9. The number of H-pyrrole nitrogens is 1. The van der Waals surface area contributed by atoms with Gasteiger partial charge in [-0.2, -0.15) is 23.3 Å². The number of carbonyl (C=O) groups excluding carboxylic acids is 1. The maximum Gasteiger partial charge on any atom is 0.422 e. The van der Waals surface area contributed by atoms with Gasteiger partial charge in [0.2, 0.25) is 11.9 Å². The van der Waals surface area contributed by atoms with Crippen LogP contribution in [0.4, 0.5) is 24.9 Å². The number of aromatic amines is 1. The SMILES string of the molecule is C=CC(=O)N1CC2(CCN(c3nc(N4CCN(C5CCOCC5)CC4)nc4c(OCC(F)(F)F)c(-c5c(C)ccc6[nH]ncc56)c(C5CC5)cc34)CC2)C1. The number of amides is 1. The van der Waals surface area contributed by atoms with Crippen molar-refractivity contribution in [3.05, 3.63) is 48.2 Å². The van der Waals surface area contributed by atoms with Crippen molar-refractivity contribution < 1.29 is 27.4 Å². The lowest BCUT2D eigenvalue weighted by Gasteiger charge is -2.54. The van der Waals surface area contributed by atoms with Gasteiger partial charge in [0, 0.05) is 93.4 Å². The number of anilines is 2. The van der Waals surface area contributed by atoms with Gasteiger partial charge in [0.15, 0.2) is 12.4 Å². The van der Waals surface area contributed by atoms with Crippen LogP contribution in [0.1, 0.15) is 55.6 Å². The Hall–Kier alpha value is -4.43. The highest BCUT2D eigenvalue weighted by atomic mass is 19.4. The standard InChI is InChI=1S/C40H47F3N8O3/c1-3-32(52)51-22-39(23-51)10-12-49(13-11-39)37-29-20-28(26-5-6-26)34(33-25(2)4-7-31-30(33)21-44-47-31)36(54-24-40(41,42)43)35(29)45-38(46-37)50-16-14-48(15-17-50)27-8-18-53-19-9-27/h3-4,7,20-21,26-27H,1,5-6,8-19,22-24H2,2H3,(H,44,47). The Balaban J connectivity index is 1.17. The molecule has 1 spiro atoms. The zero-order valence-electron chi connectivity index (χ0n) is 30.8. The van der Waals surface area contributed by atoms with Crippen LogP contribution in [0.15, 0.2) is 37.1 Å². The Morgan fingerprint density at radius 1 is 1.00 bits per heavy atom. The van der Waals surface area contributed by atoms with Gasteiger partial charge in [-0.05, 0) is 86.3 Å². The number of rotatable bonds is 8. The van der Waals surface area contributed by atoms with E-state index in [1.807, 2.05) is 24.0 Å². The van der Waals surface area contributed by atoms with E-state index in [0.717, 1.165) is 98.2 Å². The predicted octanol–water partition coefficient (Wildman–Crippen LogP) is 6.22. The first kappa shape index (κ1) is 35.3. The molecule has 11 nitrogen and oxygen atoms in total. The number of hydrogen-bond acceptors (Lipinski definition) is 9.